The Balaban J connectivity index is 0.00000576. The lowest BCUT2D eigenvalue weighted by molar-refractivity contribution is 0.195. The Bertz CT molecular complexity index is 502. The molecule has 0 heterocycles. The minimum Gasteiger partial charge on any atom is -0.496 e. The fourth-order valence-corrected chi connectivity index (χ4v) is 2.16. The van der Waals surface area contributed by atoms with E-state index in [1.54, 1.807) is 28.4 Å². The van der Waals surface area contributed by atoms with E-state index >= 15 is 0 Å². The fourth-order valence-electron chi connectivity index (χ4n) is 2.16. The molecule has 25 heavy (non-hydrogen) atoms. The van der Waals surface area contributed by atoms with Gasteiger partial charge in [-0.25, -0.2) is 4.99 Å². The SMILES string of the molecule is CCNC(=NCc1c(OC)cc(OC)cc1OC)NCCCOC.I. The second-order valence-electron chi connectivity index (χ2n) is 4.98. The monoisotopic (exact) mass is 467 g/mol. The highest BCUT2D eigenvalue weighted by Crippen LogP contribution is 2.34. The molecular weight excluding hydrogens is 437 g/mol. The average Bonchev–Trinajstić information content (AvgIpc) is 2.62. The highest BCUT2D eigenvalue weighted by molar-refractivity contribution is 14.0. The Morgan fingerprint density at radius 1 is 1.00 bits per heavy atom. The summed E-state index contributed by atoms with van der Waals surface area (Å²) in [6.45, 7) is 4.74. The van der Waals surface area contributed by atoms with Crippen molar-refractivity contribution < 1.29 is 18.9 Å². The zero-order chi connectivity index (χ0) is 17.8. The van der Waals surface area contributed by atoms with E-state index in [1.807, 2.05) is 19.1 Å². The van der Waals surface area contributed by atoms with Crippen LogP contribution in [0.5, 0.6) is 17.2 Å². The lowest BCUT2D eigenvalue weighted by atomic mass is 10.1. The first-order valence-electron chi connectivity index (χ1n) is 8.00. The van der Waals surface area contributed by atoms with Crippen LogP contribution in [-0.2, 0) is 11.3 Å². The summed E-state index contributed by atoms with van der Waals surface area (Å²) in [4.78, 5) is 4.61. The Hall–Kier alpha value is -1.42. The zero-order valence-corrected chi connectivity index (χ0v) is 18.0. The molecular formula is C17H30IN3O4. The molecule has 0 saturated heterocycles. The molecule has 0 aliphatic heterocycles. The van der Waals surface area contributed by atoms with E-state index in [-0.39, 0.29) is 24.0 Å². The number of hydrogen-bond acceptors (Lipinski definition) is 5. The molecule has 0 spiro atoms. The number of methoxy groups -OCH3 is 4. The van der Waals surface area contributed by atoms with Gasteiger partial charge in [0.25, 0.3) is 0 Å². The van der Waals surface area contributed by atoms with Crippen molar-refractivity contribution >= 4 is 29.9 Å². The van der Waals surface area contributed by atoms with Crippen LogP contribution in [0.1, 0.15) is 18.9 Å². The van der Waals surface area contributed by atoms with Gasteiger partial charge in [-0.15, -0.1) is 24.0 Å². The van der Waals surface area contributed by atoms with E-state index in [4.69, 9.17) is 18.9 Å². The first-order valence-corrected chi connectivity index (χ1v) is 8.00. The Morgan fingerprint density at radius 3 is 2.12 bits per heavy atom. The lowest BCUT2D eigenvalue weighted by Crippen LogP contribution is -2.38. The summed E-state index contributed by atoms with van der Waals surface area (Å²) in [5, 5.41) is 6.49. The van der Waals surface area contributed by atoms with Gasteiger partial charge in [-0.3, -0.25) is 0 Å². The normalized spacial score (nSPS) is 10.7. The van der Waals surface area contributed by atoms with Crippen molar-refractivity contribution in [1.29, 1.82) is 0 Å². The van der Waals surface area contributed by atoms with Crippen LogP contribution in [0, 0.1) is 0 Å². The maximum absolute atomic E-state index is 5.45. The van der Waals surface area contributed by atoms with E-state index in [0.717, 1.165) is 31.0 Å². The van der Waals surface area contributed by atoms with Crippen molar-refractivity contribution in [1.82, 2.24) is 10.6 Å². The molecule has 1 rings (SSSR count). The highest BCUT2D eigenvalue weighted by atomic mass is 127. The van der Waals surface area contributed by atoms with Crippen molar-refractivity contribution in [3.63, 3.8) is 0 Å². The van der Waals surface area contributed by atoms with Crippen LogP contribution >= 0.6 is 24.0 Å². The van der Waals surface area contributed by atoms with Gasteiger partial charge in [0.1, 0.15) is 17.2 Å². The summed E-state index contributed by atoms with van der Waals surface area (Å²) in [5.41, 5.74) is 0.870. The molecule has 0 aliphatic carbocycles. The van der Waals surface area contributed by atoms with Crippen molar-refractivity contribution in [2.75, 3.05) is 48.1 Å². The van der Waals surface area contributed by atoms with Gasteiger partial charge in [0.2, 0.25) is 0 Å². The van der Waals surface area contributed by atoms with Crippen LogP contribution in [0.3, 0.4) is 0 Å². The summed E-state index contributed by atoms with van der Waals surface area (Å²) in [6, 6.07) is 3.65. The summed E-state index contributed by atoms with van der Waals surface area (Å²) in [6.07, 6.45) is 0.913. The number of nitrogens with zero attached hydrogens (tertiary/aromatic N) is 1. The molecule has 2 N–H and O–H groups in total. The first-order chi connectivity index (χ1) is 11.7. The van der Waals surface area contributed by atoms with E-state index in [2.05, 4.69) is 15.6 Å². The van der Waals surface area contributed by atoms with Gasteiger partial charge in [0, 0.05) is 38.9 Å². The minimum atomic E-state index is 0. The molecule has 1 aromatic rings. The fraction of sp³-hybridized carbons (Fsp3) is 0.588. The molecule has 0 bridgehead atoms. The predicted molar refractivity (Wildman–Crippen MR) is 111 cm³/mol. The van der Waals surface area contributed by atoms with Crippen molar-refractivity contribution in [2.24, 2.45) is 4.99 Å². The summed E-state index contributed by atoms with van der Waals surface area (Å²) in [5.74, 6) is 2.80. The molecule has 0 radical (unpaired) electrons. The third-order valence-electron chi connectivity index (χ3n) is 3.37. The van der Waals surface area contributed by atoms with Crippen molar-refractivity contribution in [2.45, 2.75) is 19.9 Å². The molecule has 0 aliphatic rings. The van der Waals surface area contributed by atoms with E-state index < -0.39 is 0 Å². The number of nitrogens with one attached hydrogen (secondary N) is 2. The molecule has 1 aromatic carbocycles. The third-order valence-corrected chi connectivity index (χ3v) is 3.37. The molecule has 144 valence electrons. The van der Waals surface area contributed by atoms with Gasteiger partial charge in [0.15, 0.2) is 5.96 Å². The van der Waals surface area contributed by atoms with E-state index in [0.29, 0.717) is 30.4 Å². The Kier molecular flexibility index (Phi) is 13.0. The third kappa shape index (κ3) is 8.00. The van der Waals surface area contributed by atoms with Gasteiger partial charge in [0.05, 0.1) is 33.4 Å². The number of rotatable bonds is 10. The largest absolute Gasteiger partial charge is 0.496 e. The van der Waals surface area contributed by atoms with Crippen LogP contribution in [-0.4, -0.2) is 54.1 Å². The topological polar surface area (TPSA) is 73.3 Å². The van der Waals surface area contributed by atoms with Gasteiger partial charge >= 0.3 is 0 Å². The number of guanidine groups is 1. The van der Waals surface area contributed by atoms with Crippen LogP contribution in [0.2, 0.25) is 0 Å². The van der Waals surface area contributed by atoms with Crippen molar-refractivity contribution in [3.8, 4) is 17.2 Å². The van der Waals surface area contributed by atoms with Crippen molar-refractivity contribution in [3.05, 3.63) is 17.7 Å². The quantitative estimate of drug-likeness (QED) is 0.238. The Morgan fingerprint density at radius 2 is 1.64 bits per heavy atom. The van der Waals surface area contributed by atoms with Crippen LogP contribution in [0.4, 0.5) is 0 Å². The molecule has 0 amide bonds. The van der Waals surface area contributed by atoms with Gasteiger partial charge < -0.3 is 29.6 Å². The zero-order valence-electron chi connectivity index (χ0n) is 15.7. The molecule has 8 heteroatoms. The molecule has 7 nitrogen and oxygen atoms in total. The van der Waals surface area contributed by atoms with Gasteiger partial charge in [-0.05, 0) is 13.3 Å². The maximum Gasteiger partial charge on any atom is 0.191 e. The molecule has 0 unspecified atom stereocenters. The molecule has 0 atom stereocenters. The standard InChI is InChI=1S/C17H29N3O4.HI/c1-6-18-17(19-8-7-9-21-2)20-12-14-15(23-4)10-13(22-3)11-16(14)24-5;/h10-11H,6-9,12H2,1-5H3,(H2,18,19,20);1H. The van der Waals surface area contributed by atoms with Crippen LogP contribution < -0.4 is 24.8 Å². The first kappa shape index (κ1) is 23.6. The Labute approximate surface area is 167 Å². The second kappa shape index (κ2) is 13.8. The molecule has 0 aromatic heterocycles. The number of halogens is 1. The van der Waals surface area contributed by atoms with Crippen LogP contribution in [0.15, 0.2) is 17.1 Å². The smallest absolute Gasteiger partial charge is 0.191 e. The number of benzene rings is 1. The van der Waals surface area contributed by atoms with E-state index in [9.17, 15) is 0 Å². The van der Waals surface area contributed by atoms with Gasteiger partial charge in [-0.2, -0.15) is 0 Å². The second-order valence-corrected chi connectivity index (χ2v) is 4.98. The van der Waals surface area contributed by atoms with Gasteiger partial charge in [-0.1, -0.05) is 0 Å². The maximum atomic E-state index is 5.45. The number of hydrogen-bond donors (Lipinski definition) is 2. The lowest BCUT2D eigenvalue weighted by Gasteiger charge is -2.15. The highest BCUT2D eigenvalue weighted by Gasteiger charge is 2.13. The summed E-state index contributed by atoms with van der Waals surface area (Å²) < 4.78 is 21.2. The molecule has 0 saturated carbocycles. The molecule has 0 fully saturated rings. The average molecular weight is 467 g/mol. The van der Waals surface area contributed by atoms with E-state index in [1.165, 1.54) is 0 Å². The number of ether oxygens (including phenoxy) is 4. The van der Waals surface area contributed by atoms with Crippen LogP contribution in [0.25, 0.3) is 0 Å². The number of aliphatic imine (C=N–C) groups is 1. The predicted octanol–water partition coefficient (Wildman–Crippen LogP) is 2.42. The summed E-state index contributed by atoms with van der Waals surface area (Å²) in [7, 11) is 6.55. The summed E-state index contributed by atoms with van der Waals surface area (Å²) >= 11 is 0. The minimum absolute atomic E-state index is 0.